The van der Waals surface area contributed by atoms with E-state index >= 15 is 0 Å². The van der Waals surface area contributed by atoms with E-state index in [9.17, 15) is 9.59 Å². The fraction of sp³-hybridized carbons (Fsp3) is 0.0968. The van der Waals surface area contributed by atoms with Crippen LogP contribution in [-0.4, -0.2) is 13.0 Å². The molecule has 1 atom stereocenters. The van der Waals surface area contributed by atoms with Crippen molar-refractivity contribution >= 4 is 34.2 Å². The van der Waals surface area contributed by atoms with E-state index in [0.29, 0.717) is 45.3 Å². The van der Waals surface area contributed by atoms with Gasteiger partial charge in [-0.3, -0.25) is 14.5 Å². The second kappa shape index (κ2) is 9.72. The van der Waals surface area contributed by atoms with Crippen LogP contribution in [0.4, 0.5) is 5.69 Å². The molecule has 7 heteroatoms. The van der Waals surface area contributed by atoms with Gasteiger partial charge in [0.2, 0.25) is 5.76 Å². The molecule has 1 aliphatic rings. The second-order valence-corrected chi connectivity index (χ2v) is 9.32. The standard InChI is InChI=1S/C31H22ClNO5/c1-36-26-16-13-21(17-24(26)32)33-28(20-11-14-22(15-12-20)37-18-19-7-3-2-4-8-19)27-29(34)23-9-5-6-10-25(23)38-30(27)31(33)35/h2-17,28H,18H2,1H3. The van der Waals surface area contributed by atoms with Crippen LogP contribution in [0.2, 0.25) is 5.02 Å². The summed E-state index contributed by atoms with van der Waals surface area (Å²) in [7, 11) is 1.52. The lowest BCUT2D eigenvalue weighted by Crippen LogP contribution is -2.29. The number of anilines is 1. The van der Waals surface area contributed by atoms with Crippen LogP contribution < -0.4 is 19.8 Å². The predicted molar refractivity (Wildman–Crippen MR) is 146 cm³/mol. The quantitative estimate of drug-likeness (QED) is 0.245. The van der Waals surface area contributed by atoms with Crippen LogP contribution >= 0.6 is 11.6 Å². The number of halogens is 1. The second-order valence-electron chi connectivity index (χ2n) is 8.91. The minimum atomic E-state index is -0.717. The van der Waals surface area contributed by atoms with Crippen LogP contribution in [0.15, 0.2) is 106 Å². The summed E-state index contributed by atoms with van der Waals surface area (Å²) in [6, 6.07) is 28.6. The van der Waals surface area contributed by atoms with Crippen molar-refractivity contribution in [2.24, 2.45) is 0 Å². The Labute approximate surface area is 223 Å². The van der Waals surface area contributed by atoms with Crippen molar-refractivity contribution < 1.29 is 18.7 Å². The number of hydrogen-bond donors (Lipinski definition) is 0. The van der Waals surface area contributed by atoms with Gasteiger partial charge in [0.05, 0.1) is 29.1 Å². The SMILES string of the molecule is COc1ccc(N2C(=O)c3oc4ccccc4c(=O)c3C2c2ccc(OCc3ccccc3)cc2)cc1Cl. The minimum absolute atomic E-state index is 0.0232. The minimum Gasteiger partial charge on any atom is -0.495 e. The van der Waals surface area contributed by atoms with E-state index in [4.69, 9.17) is 25.5 Å². The molecular formula is C31H22ClNO5. The maximum atomic E-state index is 13.8. The van der Waals surface area contributed by atoms with Crippen molar-refractivity contribution in [2.45, 2.75) is 12.6 Å². The van der Waals surface area contributed by atoms with Crippen molar-refractivity contribution in [3.63, 3.8) is 0 Å². The first-order chi connectivity index (χ1) is 18.5. The maximum absolute atomic E-state index is 13.8. The van der Waals surface area contributed by atoms with E-state index in [1.54, 1.807) is 47.4 Å². The number of amides is 1. The first-order valence-corrected chi connectivity index (χ1v) is 12.4. The summed E-state index contributed by atoms with van der Waals surface area (Å²) >= 11 is 6.42. The molecule has 0 bridgehead atoms. The van der Waals surface area contributed by atoms with Crippen LogP contribution in [0, 0.1) is 0 Å². The van der Waals surface area contributed by atoms with Crippen LogP contribution in [0.3, 0.4) is 0 Å². The predicted octanol–water partition coefficient (Wildman–Crippen LogP) is 6.78. The molecule has 5 aromatic rings. The number of para-hydroxylation sites is 1. The molecule has 0 spiro atoms. The Balaban J connectivity index is 1.44. The zero-order valence-electron chi connectivity index (χ0n) is 20.4. The molecule has 0 radical (unpaired) electrons. The van der Waals surface area contributed by atoms with Gasteiger partial charge in [-0.05, 0) is 53.6 Å². The molecule has 4 aromatic carbocycles. The highest BCUT2D eigenvalue weighted by molar-refractivity contribution is 6.32. The average molecular weight is 524 g/mol. The number of carbonyl (C=O) groups excluding carboxylic acids is 1. The first kappa shape index (κ1) is 23.8. The summed E-state index contributed by atoms with van der Waals surface area (Å²) in [5.41, 5.74) is 2.72. The van der Waals surface area contributed by atoms with Gasteiger partial charge in [0.25, 0.3) is 5.91 Å². The number of hydrogen-bond acceptors (Lipinski definition) is 5. The molecule has 6 rings (SSSR count). The zero-order valence-corrected chi connectivity index (χ0v) is 21.1. The molecule has 0 saturated carbocycles. The molecular weight excluding hydrogens is 502 g/mol. The third kappa shape index (κ3) is 4.09. The van der Waals surface area contributed by atoms with Crippen molar-refractivity contribution in [2.75, 3.05) is 12.0 Å². The molecule has 1 unspecified atom stereocenters. The van der Waals surface area contributed by atoms with E-state index in [-0.39, 0.29) is 11.2 Å². The Morgan fingerprint density at radius 2 is 1.63 bits per heavy atom. The van der Waals surface area contributed by atoms with Crippen molar-refractivity contribution in [3.8, 4) is 11.5 Å². The highest BCUT2D eigenvalue weighted by atomic mass is 35.5. The molecule has 6 nitrogen and oxygen atoms in total. The topological polar surface area (TPSA) is 69.0 Å². The summed E-state index contributed by atoms with van der Waals surface area (Å²) < 4.78 is 17.2. The molecule has 1 aromatic heterocycles. The lowest BCUT2D eigenvalue weighted by atomic mass is 9.98. The van der Waals surface area contributed by atoms with E-state index in [0.717, 1.165) is 11.1 Å². The number of rotatable bonds is 6. The molecule has 2 heterocycles. The van der Waals surface area contributed by atoms with E-state index < -0.39 is 11.9 Å². The number of ether oxygens (including phenoxy) is 2. The Kier molecular flexibility index (Phi) is 6.10. The monoisotopic (exact) mass is 523 g/mol. The summed E-state index contributed by atoms with van der Waals surface area (Å²) in [5.74, 6) is 0.760. The molecule has 1 aliphatic heterocycles. The van der Waals surface area contributed by atoms with Crippen molar-refractivity contribution in [3.05, 3.63) is 135 Å². The van der Waals surface area contributed by atoms with E-state index in [1.807, 2.05) is 54.6 Å². The maximum Gasteiger partial charge on any atom is 0.295 e. The molecule has 0 aliphatic carbocycles. The highest BCUT2D eigenvalue weighted by Gasteiger charge is 2.43. The largest absolute Gasteiger partial charge is 0.495 e. The number of nitrogens with zero attached hydrogens (tertiary/aromatic N) is 1. The molecule has 0 fully saturated rings. The van der Waals surface area contributed by atoms with Gasteiger partial charge in [0.1, 0.15) is 23.7 Å². The van der Waals surface area contributed by atoms with Gasteiger partial charge in [-0.15, -0.1) is 0 Å². The Bertz CT molecular complexity index is 1710. The van der Waals surface area contributed by atoms with Gasteiger partial charge in [-0.2, -0.15) is 0 Å². The number of benzene rings is 4. The lowest BCUT2D eigenvalue weighted by Gasteiger charge is -2.26. The molecule has 0 N–H and O–H groups in total. The van der Waals surface area contributed by atoms with Crippen molar-refractivity contribution in [1.29, 1.82) is 0 Å². The summed E-state index contributed by atoms with van der Waals surface area (Å²) in [4.78, 5) is 29.0. The van der Waals surface area contributed by atoms with Gasteiger partial charge in [0, 0.05) is 5.69 Å². The normalized spacial score (nSPS) is 14.5. The van der Waals surface area contributed by atoms with Gasteiger partial charge < -0.3 is 13.9 Å². The van der Waals surface area contributed by atoms with Crippen LogP contribution in [0.5, 0.6) is 11.5 Å². The van der Waals surface area contributed by atoms with E-state index in [2.05, 4.69) is 0 Å². The third-order valence-electron chi connectivity index (χ3n) is 6.64. The third-order valence-corrected chi connectivity index (χ3v) is 6.93. The van der Waals surface area contributed by atoms with Gasteiger partial charge in [0.15, 0.2) is 5.43 Å². The summed E-state index contributed by atoms with van der Waals surface area (Å²) in [6.45, 7) is 0.428. The number of carbonyl (C=O) groups is 1. The fourth-order valence-corrected chi connectivity index (χ4v) is 5.05. The average Bonchev–Trinajstić information content (AvgIpc) is 3.25. The Morgan fingerprint density at radius 1 is 0.895 bits per heavy atom. The Hall–Kier alpha value is -4.55. The smallest absolute Gasteiger partial charge is 0.295 e. The summed E-state index contributed by atoms with van der Waals surface area (Å²) in [5, 5.41) is 0.767. The molecule has 0 saturated heterocycles. The lowest BCUT2D eigenvalue weighted by molar-refractivity contribution is 0.0971. The van der Waals surface area contributed by atoms with Crippen LogP contribution in [-0.2, 0) is 6.61 Å². The molecule has 38 heavy (non-hydrogen) atoms. The van der Waals surface area contributed by atoms with Gasteiger partial charge in [-0.1, -0.05) is 66.2 Å². The van der Waals surface area contributed by atoms with Gasteiger partial charge in [-0.25, -0.2) is 0 Å². The Morgan fingerprint density at radius 3 is 2.37 bits per heavy atom. The number of methoxy groups -OCH3 is 1. The highest BCUT2D eigenvalue weighted by Crippen LogP contribution is 2.43. The first-order valence-electron chi connectivity index (χ1n) is 12.0. The van der Waals surface area contributed by atoms with E-state index in [1.165, 1.54) is 7.11 Å². The zero-order chi connectivity index (χ0) is 26.2. The van der Waals surface area contributed by atoms with Crippen LogP contribution in [0.25, 0.3) is 11.0 Å². The molecule has 188 valence electrons. The molecule has 1 amide bonds. The van der Waals surface area contributed by atoms with Gasteiger partial charge >= 0.3 is 0 Å². The van der Waals surface area contributed by atoms with Crippen LogP contribution in [0.1, 0.15) is 33.3 Å². The number of fused-ring (bicyclic) bond motifs is 2. The fourth-order valence-electron chi connectivity index (χ4n) is 4.79. The summed E-state index contributed by atoms with van der Waals surface area (Å²) in [6.07, 6.45) is 0. The van der Waals surface area contributed by atoms with Crippen molar-refractivity contribution in [1.82, 2.24) is 0 Å².